The standard InChI is InChI=1S/C12H19N3O2/c1-8-13-7-6-9(14-8)15-10(11(16)17-5)12(2,3)4/h6-7,10H,1-5H3,(H,13,14,15)/t10-/m1/s1. The van der Waals surface area contributed by atoms with E-state index in [1.807, 2.05) is 20.8 Å². The van der Waals surface area contributed by atoms with Crippen LogP contribution in [0.2, 0.25) is 0 Å². The lowest BCUT2D eigenvalue weighted by Crippen LogP contribution is -2.42. The summed E-state index contributed by atoms with van der Waals surface area (Å²) in [6, 6.07) is 1.29. The first kappa shape index (κ1) is 13.4. The van der Waals surface area contributed by atoms with Crippen LogP contribution in [0, 0.1) is 12.3 Å². The van der Waals surface area contributed by atoms with Crippen LogP contribution in [0.15, 0.2) is 12.3 Å². The van der Waals surface area contributed by atoms with Crippen molar-refractivity contribution in [3.8, 4) is 0 Å². The van der Waals surface area contributed by atoms with E-state index in [1.165, 1.54) is 7.11 Å². The quantitative estimate of drug-likeness (QED) is 0.812. The molecule has 0 aliphatic rings. The van der Waals surface area contributed by atoms with Gasteiger partial charge in [0.15, 0.2) is 0 Å². The second-order valence-electron chi connectivity index (χ2n) is 4.96. The molecule has 0 bridgehead atoms. The van der Waals surface area contributed by atoms with Crippen LogP contribution in [0.3, 0.4) is 0 Å². The summed E-state index contributed by atoms with van der Waals surface area (Å²) in [6.45, 7) is 7.70. The van der Waals surface area contributed by atoms with Gasteiger partial charge < -0.3 is 10.1 Å². The number of aryl methyl sites for hydroxylation is 1. The van der Waals surface area contributed by atoms with Gasteiger partial charge in [-0.15, -0.1) is 0 Å². The molecule has 1 N–H and O–H groups in total. The summed E-state index contributed by atoms with van der Waals surface area (Å²) in [5.41, 5.74) is -0.258. The maximum Gasteiger partial charge on any atom is 0.328 e. The molecule has 0 aromatic carbocycles. The maximum absolute atomic E-state index is 11.7. The molecule has 0 saturated carbocycles. The fraction of sp³-hybridized carbons (Fsp3) is 0.583. The van der Waals surface area contributed by atoms with Crippen LogP contribution in [-0.2, 0) is 9.53 Å². The lowest BCUT2D eigenvalue weighted by atomic mass is 9.87. The molecule has 0 radical (unpaired) electrons. The number of nitrogens with one attached hydrogen (secondary N) is 1. The summed E-state index contributed by atoms with van der Waals surface area (Å²) in [7, 11) is 1.38. The first-order valence-corrected chi connectivity index (χ1v) is 5.48. The summed E-state index contributed by atoms with van der Waals surface area (Å²) in [6.07, 6.45) is 1.65. The van der Waals surface area contributed by atoms with E-state index < -0.39 is 6.04 Å². The van der Waals surface area contributed by atoms with Crippen molar-refractivity contribution in [3.63, 3.8) is 0 Å². The number of aromatic nitrogens is 2. The van der Waals surface area contributed by atoms with E-state index >= 15 is 0 Å². The van der Waals surface area contributed by atoms with Crippen LogP contribution >= 0.6 is 0 Å². The molecular weight excluding hydrogens is 218 g/mol. The smallest absolute Gasteiger partial charge is 0.328 e. The van der Waals surface area contributed by atoms with Crippen molar-refractivity contribution >= 4 is 11.8 Å². The molecule has 0 fully saturated rings. The predicted molar refractivity (Wildman–Crippen MR) is 65.7 cm³/mol. The van der Waals surface area contributed by atoms with Gasteiger partial charge in [0.25, 0.3) is 0 Å². The predicted octanol–water partition coefficient (Wildman–Crippen LogP) is 1.78. The van der Waals surface area contributed by atoms with Gasteiger partial charge in [-0.3, -0.25) is 0 Å². The molecule has 0 aliphatic carbocycles. The number of carbonyl (C=O) groups excluding carboxylic acids is 1. The summed E-state index contributed by atoms with van der Waals surface area (Å²) in [5.74, 6) is 0.990. The Kier molecular flexibility index (Phi) is 4.04. The third-order valence-electron chi connectivity index (χ3n) is 2.37. The first-order chi connectivity index (χ1) is 7.84. The number of methoxy groups -OCH3 is 1. The molecule has 0 amide bonds. The summed E-state index contributed by atoms with van der Waals surface area (Å²) in [5, 5.41) is 3.08. The number of nitrogens with zero attached hydrogens (tertiary/aromatic N) is 2. The van der Waals surface area contributed by atoms with Crippen molar-refractivity contribution in [1.29, 1.82) is 0 Å². The number of rotatable bonds is 3. The SMILES string of the molecule is COC(=O)[C@@H](Nc1ccnc(C)n1)C(C)(C)C. The lowest BCUT2D eigenvalue weighted by Gasteiger charge is -2.29. The van der Waals surface area contributed by atoms with Gasteiger partial charge in [0.05, 0.1) is 7.11 Å². The highest BCUT2D eigenvalue weighted by molar-refractivity contribution is 5.79. The molecule has 1 aromatic heterocycles. The minimum atomic E-state index is -0.443. The summed E-state index contributed by atoms with van der Waals surface area (Å²) in [4.78, 5) is 19.9. The van der Waals surface area contributed by atoms with Crippen molar-refractivity contribution in [2.75, 3.05) is 12.4 Å². The topological polar surface area (TPSA) is 64.1 Å². The number of esters is 1. The van der Waals surface area contributed by atoms with Gasteiger partial charge in [0, 0.05) is 6.20 Å². The van der Waals surface area contributed by atoms with E-state index in [0.29, 0.717) is 11.6 Å². The fourth-order valence-electron chi connectivity index (χ4n) is 1.43. The van der Waals surface area contributed by atoms with E-state index in [1.54, 1.807) is 19.2 Å². The molecule has 17 heavy (non-hydrogen) atoms. The number of ether oxygens (including phenoxy) is 1. The van der Waals surface area contributed by atoms with Gasteiger partial charge in [0.2, 0.25) is 0 Å². The normalized spacial score (nSPS) is 13.0. The molecule has 1 aromatic rings. The zero-order valence-electron chi connectivity index (χ0n) is 10.9. The highest BCUT2D eigenvalue weighted by Crippen LogP contribution is 2.23. The largest absolute Gasteiger partial charge is 0.467 e. The average molecular weight is 237 g/mol. The van der Waals surface area contributed by atoms with Crippen molar-refractivity contribution in [3.05, 3.63) is 18.1 Å². The van der Waals surface area contributed by atoms with Gasteiger partial charge in [-0.1, -0.05) is 20.8 Å². The average Bonchev–Trinajstić information content (AvgIpc) is 2.23. The zero-order valence-corrected chi connectivity index (χ0v) is 10.9. The third kappa shape index (κ3) is 3.69. The molecule has 5 nitrogen and oxygen atoms in total. The second-order valence-corrected chi connectivity index (χ2v) is 4.96. The van der Waals surface area contributed by atoms with Crippen LogP contribution in [0.4, 0.5) is 5.82 Å². The van der Waals surface area contributed by atoms with E-state index in [2.05, 4.69) is 15.3 Å². The van der Waals surface area contributed by atoms with Gasteiger partial charge >= 0.3 is 5.97 Å². The highest BCUT2D eigenvalue weighted by Gasteiger charge is 2.32. The Morgan fingerprint density at radius 2 is 2.12 bits per heavy atom. The maximum atomic E-state index is 11.7. The molecule has 0 aliphatic heterocycles. The molecule has 0 saturated heterocycles. The van der Waals surface area contributed by atoms with Crippen molar-refractivity contribution in [2.24, 2.45) is 5.41 Å². The van der Waals surface area contributed by atoms with Crippen LogP contribution in [0.25, 0.3) is 0 Å². The van der Waals surface area contributed by atoms with E-state index in [4.69, 9.17) is 4.74 Å². The van der Waals surface area contributed by atoms with Crippen LogP contribution in [-0.4, -0.2) is 29.1 Å². The van der Waals surface area contributed by atoms with E-state index in [9.17, 15) is 4.79 Å². The Hall–Kier alpha value is -1.65. The van der Waals surface area contributed by atoms with Crippen LogP contribution in [0.1, 0.15) is 26.6 Å². The number of anilines is 1. The minimum Gasteiger partial charge on any atom is -0.467 e. The summed E-state index contributed by atoms with van der Waals surface area (Å²) >= 11 is 0. The fourth-order valence-corrected chi connectivity index (χ4v) is 1.43. The summed E-state index contributed by atoms with van der Waals surface area (Å²) < 4.78 is 4.80. The Morgan fingerprint density at radius 3 is 2.59 bits per heavy atom. The molecule has 0 spiro atoms. The van der Waals surface area contributed by atoms with Crippen molar-refractivity contribution < 1.29 is 9.53 Å². The molecule has 5 heteroatoms. The van der Waals surface area contributed by atoms with Crippen LogP contribution < -0.4 is 5.32 Å². The zero-order chi connectivity index (χ0) is 13.1. The number of carbonyl (C=O) groups is 1. The lowest BCUT2D eigenvalue weighted by molar-refractivity contribution is -0.143. The van der Waals surface area contributed by atoms with Gasteiger partial charge in [-0.05, 0) is 18.4 Å². The monoisotopic (exact) mass is 237 g/mol. The Labute approximate surface area is 102 Å². The minimum absolute atomic E-state index is 0.258. The highest BCUT2D eigenvalue weighted by atomic mass is 16.5. The van der Waals surface area contributed by atoms with Crippen molar-refractivity contribution in [1.82, 2.24) is 9.97 Å². The second kappa shape index (κ2) is 5.12. The Bertz CT molecular complexity index is 399. The third-order valence-corrected chi connectivity index (χ3v) is 2.37. The van der Waals surface area contributed by atoms with Gasteiger partial charge in [0.1, 0.15) is 17.7 Å². The van der Waals surface area contributed by atoms with Crippen LogP contribution in [0.5, 0.6) is 0 Å². The number of hydrogen-bond donors (Lipinski definition) is 1. The Morgan fingerprint density at radius 1 is 1.47 bits per heavy atom. The van der Waals surface area contributed by atoms with Crippen molar-refractivity contribution in [2.45, 2.75) is 33.7 Å². The van der Waals surface area contributed by atoms with Gasteiger partial charge in [-0.25, -0.2) is 14.8 Å². The Balaban J connectivity index is 2.91. The first-order valence-electron chi connectivity index (χ1n) is 5.48. The molecular formula is C12H19N3O2. The van der Waals surface area contributed by atoms with E-state index in [-0.39, 0.29) is 11.4 Å². The van der Waals surface area contributed by atoms with Gasteiger partial charge in [-0.2, -0.15) is 0 Å². The molecule has 1 rings (SSSR count). The molecule has 1 heterocycles. The molecule has 94 valence electrons. The molecule has 0 unspecified atom stereocenters. The molecule has 1 atom stereocenters. The van der Waals surface area contributed by atoms with E-state index in [0.717, 1.165) is 0 Å². The number of hydrogen-bond acceptors (Lipinski definition) is 5.